The number of hydrogen-bond donors (Lipinski definition) is 1. The first-order valence-corrected chi connectivity index (χ1v) is 11.8. The first-order valence-electron chi connectivity index (χ1n) is 11.8. The molecule has 2 rings (SSSR count). The Morgan fingerprint density at radius 1 is 1.20 bits per heavy atom. The fourth-order valence-corrected chi connectivity index (χ4v) is 2.90. The Balaban J connectivity index is 0.000000566. The molecule has 0 aliphatic carbocycles. The van der Waals surface area contributed by atoms with Crippen LogP contribution in [0.25, 0.3) is 5.57 Å². The van der Waals surface area contributed by atoms with Gasteiger partial charge >= 0.3 is 6.18 Å². The van der Waals surface area contributed by atoms with Crippen molar-refractivity contribution in [3.05, 3.63) is 78.0 Å². The number of allylic oxidation sites excluding steroid dienone is 3. The average Bonchev–Trinajstić information content (AvgIpc) is 3.33. The molecular formula is C28H38F3N3O. The van der Waals surface area contributed by atoms with Gasteiger partial charge in [0.15, 0.2) is 5.84 Å². The maximum atomic E-state index is 12.7. The van der Waals surface area contributed by atoms with Crippen molar-refractivity contribution in [1.82, 2.24) is 5.32 Å². The summed E-state index contributed by atoms with van der Waals surface area (Å²) in [7, 11) is 0. The monoisotopic (exact) mass is 489 g/mol. The van der Waals surface area contributed by atoms with E-state index in [0.717, 1.165) is 24.2 Å². The van der Waals surface area contributed by atoms with E-state index in [1.165, 1.54) is 5.56 Å². The van der Waals surface area contributed by atoms with Crippen LogP contribution in [0.3, 0.4) is 0 Å². The summed E-state index contributed by atoms with van der Waals surface area (Å²) in [5.41, 5.74) is 3.55. The number of nitrogens with zero attached hydrogens (tertiary/aromatic N) is 2. The van der Waals surface area contributed by atoms with Crippen molar-refractivity contribution in [3.8, 4) is 0 Å². The fourth-order valence-electron chi connectivity index (χ4n) is 2.90. The predicted octanol–water partition coefficient (Wildman–Crippen LogP) is 7.18. The minimum Gasteiger partial charge on any atom is -0.385 e. The minimum atomic E-state index is -4.44. The summed E-state index contributed by atoms with van der Waals surface area (Å²) in [5, 5.41) is 3.24. The fraction of sp³-hybridized carbons (Fsp3) is 0.429. The molecule has 1 aromatic carbocycles. The van der Waals surface area contributed by atoms with Crippen LogP contribution in [0.15, 0.2) is 82.5 Å². The second kappa shape index (κ2) is 15.1. The van der Waals surface area contributed by atoms with Crippen molar-refractivity contribution < 1.29 is 17.9 Å². The summed E-state index contributed by atoms with van der Waals surface area (Å²) >= 11 is 0. The van der Waals surface area contributed by atoms with Crippen LogP contribution in [-0.2, 0) is 4.74 Å². The highest BCUT2D eigenvalue weighted by Gasteiger charge is 2.37. The molecule has 0 fully saturated rings. The van der Waals surface area contributed by atoms with Crippen molar-refractivity contribution in [3.63, 3.8) is 0 Å². The molecule has 0 saturated carbocycles. The molecule has 1 aromatic rings. The molecule has 1 unspecified atom stereocenters. The predicted molar refractivity (Wildman–Crippen MR) is 142 cm³/mol. The molecule has 4 nitrogen and oxygen atoms in total. The van der Waals surface area contributed by atoms with Crippen LogP contribution < -0.4 is 5.32 Å². The van der Waals surface area contributed by atoms with Gasteiger partial charge in [0, 0.05) is 24.4 Å². The number of hydrogen-bond acceptors (Lipinski definition) is 4. The summed E-state index contributed by atoms with van der Waals surface area (Å²) in [6, 6.07) is 10.2. The van der Waals surface area contributed by atoms with E-state index in [4.69, 9.17) is 4.74 Å². The van der Waals surface area contributed by atoms with Gasteiger partial charge in [0.1, 0.15) is 5.71 Å². The standard InChI is InChI=1S/C19H28F3N3O.C9H10/c1-6-8-26-12-13(3)10-23-15(5)14(4)9-16(7-2)18-24-11-17(25-18)19(20,21)22;1-8(2)9-6-4-3-5-7-9/h7,9,13,23H,5-6,8,10-12H2,1-4H3;3-7H,1H2,2H3/b14-9+,16-7+;. The molecule has 192 valence electrons. The van der Waals surface area contributed by atoms with Gasteiger partial charge in [-0.2, -0.15) is 13.2 Å². The number of halogens is 3. The molecular weight excluding hydrogens is 451 g/mol. The Bertz CT molecular complexity index is 957. The van der Waals surface area contributed by atoms with E-state index in [0.29, 0.717) is 30.3 Å². The third kappa shape index (κ3) is 11.4. The lowest BCUT2D eigenvalue weighted by atomic mass is 10.1. The van der Waals surface area contributed by atoms with Gasteiger partial charge in [0.25, 0.3) is 0 Å². The van der Waals surface area contributed by atoms with E-state index in [-0.39, 0.29) is 5.84 Å². The van der Waals surface area contributed by atoms with Gasteiger partial charge in [-0.05, 0) is 50.3 Å². The van der Waals surface area contributed by atoms with Crippen LogP contribution in [-0.4, -0.2) is 44.0 Å². The van der Waals surface area contributed by atoms with Gasteiger partial charge in [-0.3, -0.25) is 4.99 Å². The largest absolute Gasteiger partial charge is 0.431 e. The molecule has 0 saturated heterocycles. The lowest BCUT2D eigenvalue weighted by Crippen LogP contribution is -2.24. The molecule has 0 amide bonds. The smallest absolute Gasteiger partial charge is 0.385 e. The second-order valence-corrected chi connectivity index (χ2v) is 8.45. The zero-order chi connectivity index (χ0) is 26.4. The summed E-state index contributed by atoms with van der Waals surface area (Å²) < 4.78 is 43.6. The number of amidine groups is 1. The minimum absolute atomic E-state index is 0.105. The van der Waals surface area contributed by atoms with Crippen molar-refractivity contribution >= 4 is 17.1 Å². The maximum Gasteiger partial charge on any atom is 0.431 e. The highest BCUT2D eigenvalue weighted by molar-refractivity contribution is 6.14. The molecule has 0 aromatic heterocycles. The van der Waals surface area contributed by atoms with Crippen LogP contribution in [0.2, 0.25) is 0 Å². The van der Waals surface area contributed by atoms with E-state index in [1.54, 1.807) is 19.1 Å². The van der Waals surface area contributed by atoms with E-state index in [9.17, 15) is 13.2 Å². The van der Waals surface area contributed by atoms with Crippen LogP contribution >= 0.6 is 0 Å². The van der Waals surface area contributed by atoms with Gasteiger partial charge < -0.3 is 10.1 Å². The van der Waals surface area contributed by atoms with Gasteiger partial charge in [-0.1, -0.05) is 69.0 Å². The average molecular weight is 490 g/mol. The van der Waals surface area contributed by atoms with Gasteiger partial charge in [0.2, 0.25) is 0 Å². The van der Waals surface area contributed by atoms with Crippen LogP contribution in [0, 0.1) is 5.92 Å². The topological polar surface area (TPSA) is 46.0 Å². The quantitative estimate of drug-likeness (QED) is 0.264. The summed E-state index contributed by atoms with van der Waals surface area (Å²) in [5.74, 6) is 0.429. The number of nitrogens with one attached hydrogen (secondary N) is 1. The first kappa shape index (κ1) is 30.1. The summed E-state index contributed by atoms with van der Waals surface area (Å²) in [6.45, 7) is 19.2. The maximum absolute atomic E-state index is 12.7. The lowest BCUT2D eigenvalue weighted by Gasteiger charge is -2.16. The molecule has 1 N–H and O–H groups in total. The molecule has 0 bridgehead atoms. The molecule has 0 radical (unpaired) electrons. The van der Waals surface area contributed by atoms with E-state index in [2.05, 4.69) is 54.4 Å². The molecule has 1 atom stereocenters. The summed E-state index contributed by atoms with van der Waals surface area (Å²) in [4.78, 5) is 7.52. The van der Waals surface area contributed by atoms with E-state index < -0.39 is 18.4 Å². The number of rotatable bonds is 11. The zero-order valence-corrected chi connectivity index (χ0v) is 21.5. The van der Waals surface area contributed by atoms with Crippen molar-refractivity contribution in [2.45, 2.75) is 47.2 Å². The van der Waals surface area contributed by atoms with Gasteiger partial charge in [-0.25, -0.2) is 4.99 Å². The van der Waals surface area contributed by atoms with Crippen molar-refractivity contribution in [2.75, 3.05) is 26.3 Å². The van der Waals surface area contributed by atoms with E-state index >= 15 is 0 Å². The highest BCUT2D eigenvalue weighted by atomic mass is 19.4. The third-order valence-corrected chi connectivity index (χ3v) is 5.05. The Morgan fingerprint density at radius 3 is 2.34 bits per heavy atom. The van der Waals surface area contributed by atoms with Crippen LogP contribution in [0.1, 0.15) is 46.6 Å². The summed E-state index contributed by atoms with van der Waals surface area (Å²) in [6.07, 6.45) is -0.0118. The molecule has 0 spiro atoms. The zero-order valence-electron chi connectivity index (χ0n) is 21.5. The molecule has 7 heteroatoms. The molecule has 1 heterocycles. The van der Waals surface area contributed by atoms with Crippen LogP contribution in [0.4, 0.5) is 13.2 Å². The SMILES string of the molecule is C=C(C)c1ccccc1.C=C(NCC(C)COCCC)/C(C)=C/C(=C\C)C1=NCC(C(F)(F)F)=N1. The Morgan fingerprint density at radius 2 is 1.86 bits per heavy atom. The number of alkyl halides is 3. The molecule has 1 aliphatic rings. The lowest BCUT2D eigenvalue weighted by molar-refractivity contribution is -0.0592. The molecule has 35 heavy (non-hydrogen) atoms. The Hall–Kier alpha value is -2.93. The number of aliphatic imine (C=N–C) groups is 2. The second-order valence-electron chi connectivity index (χ2n) is 8.45. The number of benzene rings is 1. The van der Waals surface area contributed by atoms with Crippen molar-refractivity contribution in [1.29, 1.82) is 0 Å². The van der Waals surface area contributed by atoms with Gasteiger partial charge in [0.05, 0.1) is 13.2 Å². The molecule has 1 aliphatic heterocycles. The normalized spacial score (nSPS) is 15.0. The van der Waals surface area contributed by atoms with E-state index in [1.807, 2.05) is 32.0 Å². The van der Waals surface area contributed by atoms with Crippen LogP contribution in [0.5, 0.6) is 0 Å². The Labute approximate surface area is 208 Å². The van der Waals surface area contributed by atoms with Crippen molar-refractivity contribution in [2.24, 2.45) is 15.9 Å². The highest BCUT2D eigenvalue weighted by Crippen LogP contribution is 2.22. The number of ether oxygens (including phenoxy) is 1. The third-order valence-electron chi connectivity index (χ3n) is 5.05. The Kier molecular flexibility index (Phi) is 13.0. The van der Waals surface area contributed by atoms with Gasteiger partial charge in [-0.15, -0.1) is 0 Å². The first-order chi connectivity index (χ1) is 16.5.